The van der Waals surface area contributed by atoms with Gasteiger partial charge in [-0.3, -0.25) is 4.98 Å². The SMILES string of the molecule is Oc1cnccc1CCCOc1cccnc1Oc1ccccc1Cl. The molecular weight excluding hydrogens is 340 g/mol. The zero-order valence-electron chi connectivity index (χ0n) is 13.4. The topological polar surface area (TPSA) is 64.5 Å². The number of aryl methyl sites for hydroxylation is 1. The van der Waals surface area contributed by atoms with Gasteiger partial charge in [-0.25, -0.2) is 4.98 Å². The average molecular weight is 357 g/mol. The van der Waals surface area contributed by atoms with Gasteiger partial charge >= 0.3 is 0 Å². The van der Waals surface area contributed by atoms with Gasteiger partial charge in [0, 0.05) is 12.4 Å². The van der Waals surface area contributed by atoms with Crippen molar-refractivity contribution < 1.29 is 14.6 Å². The fraction of sp³-hybridized carbons (Fsp3) is 0.158. The number of aromatic nitrogens is 2. The van der Waals surface area contributed by atoms with Crippen LogP contribution in [0.3, 0.4) is 0 Å². The quantitative estimate of drug-likeness (QED) is 0.625. The Morgan fingerprint density at radius 1 is 1.00 bits per heavy atom. The number of nitrogens with zero attached hydrogens (tertiary/aromatic N) is 2. The molecule has 128 valence electrons. The summed E-state index contributed by atoms with van der Waals surface area (Å²) in [5, 5.41) is 10.2. The molecule has 0 unspecified atom stereocenters. The van der Waals surface area contributed by atoms with Crippen molar-refractivity contribution in [1.82, 2.24) is 9.97 Å². The lowest BCUT2D eigenvalue weighted by atomic mass is 10.1. The Hall–Kier alpha value is -2.79. The van der Waals surface area contributed by atoms with Crippen LogP contribution in [-0.4, -0.2) is 21.7 Å². The van der Waals surface area contributed by atoms with E-state index in [0.717, 1.165) is 12.0 Å². The number of ether oxygens (including phenoxy) is 2. The second-order valence-electron chi connectivity index (χ2n) is 5.30. The molecule has 0 aliphatic carbocycles. The second kappa shape index (κ2) is 8.35. The van der Waals surface area contributed by atoms with E-state index < -0.39 is 0 Å². The van der Waals surface area contributed by atoms with E-state index in [4.69, 9.17) is 21.1 Å². The highest BCUT2D eigenvalue weighted by Crippen LogP contribution is 2.33. The Morgan fingerprint density at radius 2 is 1.84 bits per heavy atom. The fourth-order valence-electron chi connectivity index (χ4n) is 2.27. The first-order valence-corrected chi connectivity index (χ1v) is 8.24. The summed E-state index contributed by atoms with van der Waals surface area (Å²) in [4.78, 5) is 8.07. The largest absolute Gasteiger partial charge is 0.506 e. The maximum absolute atomic E-state index is 9.72. The van der Waals surface area contributed by atoms with Crippen LogP contribution in [0.4, 0.5) is 0 Å². The molecule has 1 N–H and O–H groups in total. The number of benzene rings is 1. The summed E-state index contributed by atoms with van der Waals surface area (Å²) in [6, 6.07) is 12.6. The standard InChI is InChI=1S/C19H17ClN2O3/c20-15-6-1-2-7-17(15)25-19-18(8-3-10-22-19)24-12-4-5-14-9-11-21-13-16(14)23/h1-3,6-11,13,23H,4-5,12H2. The summed E-state index contributed by atoms with van der Waals surface area (Å²) in [7, 11) is 0. The molecule has 0 fully saturated rings. The van der Waals surface area contributed by atoms with Crippen molar-refractivity contribution >= 4 is 11.6 Å². The van der Waals surface area contributed by atoms with Gasteiger partial charge in [0.1, 0.15) is 11.5 Å². The molecule has 0 aliphatic heterocycles. The predicted octanol–water partition coefficient (Wildman–Crippen LogP) is 4.64. The maximum atomic E-state index is 9.72. The summed E-state index contributed by atoms with van der Waals surface area (Å²) >= 11 is 6.11. The van der Waals surface area contributed by atoms with E-state index in [0.29, 0.717) is 35.4 Å². The normalized spacial score (nSPS) is 10.4. The van der Waals surface area contributed by atoms with Gasteiger partial charge in [0.2, 0.25) is 0 Å². The van der Waals surface area contributed by atoms with E-state index in [1.165, 1.54) is 6.20 Å². The van der Waals surface area contributed by atoms with Crippen molar-refractivity contribution in [2.75, 3.05) is 6.61 Å². The summed E-state index contributed by atoms with van der Waals surface area (Å²) in [5.41, 5.74) is 0.845. The zero-order chi connectivity index (χ0) is 17.5. The molecule has 0 atom stereocenters. The number of halogens is 1. The van der Waals surface area contributed by atoms with Crippen molar-refractivity contribution in [2.45, 2.75) is 12.8 Å². The molecule has 0 amide bonds. The Kier molecular flexibility index (Phi) is 5.69. The van der Waals surface area contributed by atoms with E-state index in [1.54, 1.807) is 42.7 Å². The van der Waals surface area contributed by atoms with E-state index >= 15 is 0 Å². The number of hydrogen-bond donors (Lipinski definition) is 1. The molecule has 25 heavy (non-hydrogen) atoms. The minimum Gasteiger partial charge on any atom is -0.506 e. The number of para-hydroxylation sites is 1. The van der Waals surface area contributed by atoms with Gasteiger partial charge in [-0.1, -0.05) is 23.7 Å². The molecule has 0 saturated heterocycles. The van der Waals surface area contributed by atoms with E-state index in [-0.39, 0.29) is 5.75 Å². The maximum Gasteiger partial charge on any atom is 0.262 e. The molecule has 2 heterocycles. The molecule has 1 aromatic carbocycles. The highest BCUT2D eigenvalue weighted by Gasteiger charge is 2.10. The van der Waals surface area contributed by atoms with Gasteiger partial charge in [0.25, 0.3) is 5.88 Å². The van der Waals surface area contributed by atoms with E-state index in [2.05, 4.69) is 9.97 Å². The molecule has 0 saturated carbocycles. The molecule has 3 rings (SSSR count). The van der Waals surface area contributed by atoms with Gasteiger partial charge < -0.3 is 14.6 Å². The van der Waals surface area contributed by atoms with E-state index in [9.17, 15) is 5.11 Å². The molecule has 0 bridgehead atoms. The highest BCUT2D eigenvalue weighted by molar-refractivity contribution is 6.32. The van der Waals surface area contributed by atoms with Crippen molar-refractivity contribution in [3.8, 4) is 23.1 Å². The number of rotatable bonds is 7. The highest BCUT2D eigenvalue weighted by atomic mass is 35.5. The Labute approximate surface area is 150 Å². The molecule has 0 aliphatic rings. The minimum atomic E-state index is 0.201. The summed E-state index contributed by atoms with van der Waals surface area (Å²) in [5.74, 6) is 1.63. The third kappa shape index (κ3) is 4.61. The van der Waals surface area contributed by atoms with Crippen LogP contribution in [0.25, 0.3) is 0 Å². The first kappa shape index (κ1) is 17.0. The molecule has 5 nitrogen and oxygen atoms in total. The molecule has 0 spiro atoms. The summed E-state index contributed by atoms with van der Waals surface area (Å²) in [6.45, 7) is 0.465. The number of pyridine rings is 2. The summed E-state index contributed by atoms with van der Waals surface area (Å²) in [6.07, 6.45) is 6.15. The lowest BCUT2D eigenvalue weighted by Crippen LogP contribution is -2.02. The molecular formula is C19H17ClN2O3. The lowest BCUT2D eigenvalue weighted by Gasteiger charge is -2.12. The number of hydrogen-bond acceptors (Lipinski definition) is 5. The first-order valence-electron chi connectivity index (χ1n) is 7.86. The molecule has 3 aromatic rings. The molecule has 6 heteroatoms. The Morgan fingerprint density at radius 3 is 2.68 bits per heavy atom. The van der Waals surface area contributed by atoms with Crippen LogP contribution < -0.4 is 9.47 Å². The van der Waals surface area contributed by atoms with Crippen LogP contribution in [0.1, 0.15) is 12.0 Å². The predicted molar refractivity (Wildman–Crippen MR) is 95.5 cm³/mol. The Balaban J connectivity index is 1.60. The van der Waals surface area contributed by atoms with Gasteiger partial charge in [-0.15, -0.1) is 0 Å². The minimum absolute atomic E-state index is 0.201. The smallest absolute Gasteiger partial charge is 0.262 e. The van der Waals surface area contributed by atoms with Crippen molar-refractivity contribution in [2.24, 2.45) is 0 Å². The van der Waals surface area contributed by atoms with Crippen molar-refractivity contribution in [1.29, 1.82) is 0 Å². The molecule has 2 aromatic heterocycles. The van der Waals surface area contributed by atoms with Crippen LogP contribution in [0, 0.1) is 0 Å². The lowest BCUT2D eigenvalue weighted by molar-refractivity contribution is 0.292. The van der Waals surface area contributed by atoms with Crippen LogP contribution in [0.2, 0.25) is 5.02 Å². The second-order valence-corrected chi connectivity index (χ2v) is 5.70. The van der Waals surface area contributed by atoms with Crippen LogP contribution in [-0.2, 0) is 6.42 Å². The fourth-order valence-corrected chi connectivity index (χ4v) is 2.44. The van der Waals surface area contributed by atoms with Crippen molar-refractivity contribution in [3.63, 3.8) is 0 Å². The van der Waals surface area contributed by atoms with Gasteiger partial charge in [-0.2, -0.15) is 0 Å². The average Bonchev–Trinajstić information content (AvgIpc) is 2.63. The molecule has 0 radical (unpaired) electrons. The third-order valence-corrected chi connectivity index (χ3v) is 3.83. The summed E-state index contributed by atoms with van der Waals surface area (Å²) < 4.78 is 11.5. The van der Waals surface area contributed by atoms with Crippen molar-refractivity contribution in [3.05, 3.63) is 71.6 Å². The van der Waals surface area contributed by atoms with Crippen LogP contribution in [0.15, 0.2) is 61.1 Å². The van der Waals surface area contributed by atoms with E-state index in [1.807, 2.05) is 12.1 Å². The Bertz CT molecular complexity index is 842. The zero-order valence-corrected chi connectivity index (χ0v) is 14.2. The van der Waals surface area contributed by atoms with Gasteiger partial charge in [0.15, 0.2) is 5.75 Å². The van der Waals surface area contributed by atoms with Crippen LogP contribution in [0.5, 0.6) is 23.1 Å². The third-order valence-electron chi connectivity index (χ3n) is 3.52. The first-order chi connectivity index (χ1) is 12.2. The monoisotopic (exact) mass is 356 g/mol. The van der Waals surface area contributed by atoms with Gasteiger partial charge in [-0.05, 0) is 48.7 Å². The van der Waals surface area contributed by atoms with Gasteiger partial charge in [0.05, 0.1) is 17.8 Å². The number of aromatic hydroxyl groups is 1. The van der Waals surface area contributed by atoms with Crippen LogP contribution >= 0.6 is 11.6 Å².